The fraction of sp³-hybridized carbons (Fsp3) is 0.190. The van der Waals surface area contributed by atoms with Gasteiger partial charge in [0.1, 0.15) is 5.75 Å². The number of carbonyl (C=O) groups is 1. The van der Waals surface area contributed by atoms with Crippen molar-refractivity contribution in [1.29, 1.82) is 0 Å². The van der Waals surface area contributed by atoms with Crippen LogP contribution in [-0.2, 0) is 4.79 Å². The Hall–Kier alpha value is -3.24. The number of alkyl halides is 3. The lowest BCUT2D eigenvalue weighted by atomic mass is 10.1. The van der Waals surface area contributed by atoms with Gasteiger partial charge in [-0.05, 0) is 36.9 Å². The van der Waals surface area contributed by atoms with Gasteiger partial charge in [-0.25, -0.2) is 0 Å². The fourth-order valence-electron chi connectivity index (χ4n) is 2.28. The highest BCUT2D eigenvalue weighted by atomic mass is 19.4. The van der Waals surface area contributed by atoms with Crippen molar-refractivity contribution in [2.45, 2.75) is 6.36 Å². The molecule has 28 heavy (non-hydrogen) atoms. The molecule has 2 aromatic carbocycles. The van der Waals surface area contributed by atoms with Crippen molar-refractivity contribution in [3.63, 3.8) is 0 Å². The van der Waals surface area contributed by atoms with Crippen LogP contribution in [0.4, 0.5) is 13.2 Å². The molecule has 0 aliphatic rings. The molecule has 0 heterocycles. The zero-order valence-electron chi connectivity index (χ0n) is 15.0. The third kappa shape index (κ3) is 7.56. The summed E-state index contributed by atoms with van der Waals surface area (Å²) < 4.78 is 40.5. The molecule has 7 heteroatoms. The molecule has 146 valence electrons. The van der Waals surface area contributed by atoms with Crippen LogP contribution >= 0.6 is 0 Å². The fourth-order valence-corrected chi connectivity index (χ4v) is 2.28. The van der Waals surface area contributed by atoms with E-state index < -0.39 is 12.3 Å². The summed E-state index contributed by atoms with van der Waals surface area (Å²) in [6.07, 6.45) is -2.93. The number of aliphatic carboxylic acids is 1. The van der Waals surface area contributed by atoms with Crippen LogP contribution in [-0.4, -0.2) is 42.5 Å². The molecular weight excluding hydrogens is 371 g/mol. The third-order valence-corrected chi connectivity index (χ3v) is 3.53. The van der Waals surface area contributed by atoms with E-state index in [-0.39, 0.29) is 12.3 Å². The van der Waals surface area contributed by atoms with Gasteiger partial charge in [0.15, 0.2) is 0 Å². The molecule has 0 saturated heterocycles. The Morgan fingerprint density at radius 3 is 2.36 bits per heavy atom. The largest absolute Gasteiger partial charge is 0.573 e. The van der Waals surface area contributed by atoms with E-state index in [0.29, 0.717) is 17.7 Å². The average Bonchev–Trinajstić information content (AvgIpc) is 2.62. The molecule has 2 rings (SSSR count). The number of hydrogen-bond donors (Lipinski definition) is 1. The van der Waals surface area contributed by atoms with Gasteiger partial charge in [0.25, 0.3) is 0 Å². The summed E-state index contributed by atoms with van der Waals surface area (Å²) in [6, 6.07) is 14.6. The SMILES string of the molecule is CN(CC=C(C#Cc1ccc(OC(F)(F)F)cc1)c1ccccc1)CC(=O)O. The molecule has 0 atom stereocenters. The Kier molecular flexibility index (Phi) is 7.24. The van der Waals surface area contributed by atoms with Crippen LogP contribution in [0.15, 0.2) is 60.7 Å². The van der Waals surface area contributed by atoms with Gasteiger partial charge >= 0.3 is 12.3 Å². The van der Waals surface area contributed by atoms with Gasteiger partial charge in [0.2, 0.25) is 0 Å². The number of likely N-dealkylation sites (N-methyl/N-ethyl adjacent to an activating group) is 1. The Morgan fingerprint density at radius 2 is 1.79 bits per heavy atom. The number of ether oxygens (including phenoxy) is 1. The maximum atomic E-state index is 12.2. The Bertz CT molecular complexity index is 879. The highest BCUT2D eigenvalue weighted by Crippen LogP contribution is 2.22. The van der Waals surface area contributed by atoms with E-state index in [9.17, 15) is 18.0 Å². The van der Waals surface area contributed by atoms with Crippen molar-refractivity contribution in [3.05, 3.63) is 71.8 Å². The lowest BCUT2D eigenvalue weighted by Crippen LogP contribution is -2.25. The van der Waals surface area contributed by atoms with Crippen molar-refractivity contribution >= 4 is 11.5 Å². The molecule has 0 aliphatic carbocycles. The topological polar surface area (TPSA) is 49.8 Å². The minimum absolute atomic E-state index is 0.104. The van der Waals surface area contributed by atoms with E-state index in [4.69, 9.17) is 5.11 Å². The summed E-state index contributed by atoms with van der Waals surface area (Å²) in [6.45, 7) is 0.274. The zero-order chi connectivity index (χ0) is 20.6. The van der Waals surface area contributed by atoms with E-state index in [2.05, 4.69) is 16.6 Å². The minimum Gasteiger partial charge on any atom is -0.480 e. The monoisotopic (exact) mass is 389 g/mol. The Morgan fingerprint density at radius 1 is 1.14 bits per heavy atom. The molecule has 0 saturated carbocycles. The van der Waals surface area contributed by atoms with Gasteiger partial charge in [-0.1, -0.05) is 48.2 Å². The smallest absolute Gasteiger partial charge is 0.480 e. The number of allylic oxidation sites excluding steroid dienone is 1. The molecule has 0 spiro atoms. The summed E-state index contributed by atoms with van der Waals surface area (Å²) in [5.74, 6) is 4.67. The van der Waals surface area contributed by atoms with E-state index in [1.54, 1.807) is 11.9 Å². The van der Waals surface area contributed by atoms with Crippen LogP contribution in [0, 0.1) is 11.8 Å². The molecule has 0 amide bonds. The maximum Gasteiger partial charge on any atom is 0.573 e. The molecule has 4 nitrogen and oxygen atoms in total. The highest BCUT2D eigenvalue weighted by Gasteiger charge is 2.30. The predicted molar refractivity (Wildman–Crippen MR) is 99.6 cm³/mol. The van der Waals surface area contributed by atoms with Crippen molar-refractivity contribution in [1.82, 2.24) is 4.90 Å². The van der Waals surface area contributed by atoms with E-state index in [0.717, 1.165) is 5.56 Å². The molecule has 0 fully saturated rings. The zero-order valence-corrected chi connectivity index (χ0v) is 15.0. The average molecular weight is 389 g/mol. The number of benzene rings is 2. The standard InChI is InChI=1S/C21H18F3NO3/c1-25(15-20(26)27)14-13-18(17-5-3-2-4-6-17)10-7-16-8-11-19(12-9-16)28-21(22,23)24/h2-6,8-9,11-13H,14-15H2,1H3,(H,26,27). The summed E-state index contributed by atoms with van der Waals surface area (Å²) in [7, 11) is 1.68. The summed E-state index contributed by atoms with van der Waals surface area (Å²) in [5.41, 5.74) is 2.07. The van der Waals surface area contributed by atoms with Crippen LogP contribution in [0.1, 0.15) is 11.1 Å². The highest BCUT2D eigenvalue weighted by molar-refractivity contribution is 5.79. The molecule has 0 unspecified atom stereocenters. The van der Waals surface area contributed by atoms with Gasteiger partial charge in [0, 0.05) is 17.7 Å². The van der Waals surface area contributed by atoms with Crippen LogP contribution in [0.5, 0.6) is 5.75 Å². The molecule has 1 N–H and O–H groups in total. The van der Waals surface area contributed by atoms with Crippen LogP contribution < -0.4 is 4.74 Å². The minimum atomic E-state index is -4.74. The molecular formula is C21H18F3NO3. The first-order valence-corrected chi connectivity index (χ1v) is 8.27. The number of carboxylic acid groups (broad SMARTS) is 1. The molecule has 0 radical (unpaired) electrons. The maximum absolute atomic E-state index is 12.2. The number of carboxylic acids is 1. The molecule has 0 aliphatic heterocycles. The van der Waals surface area contributed by atoms with Crippen LogP contribution in [0.2, 0.25) is 0 Å². The van der Waals surface area contributed by atoms with Gasteiger partial charge in [-0.3, -0.25) is 9.69 Å². The van der Waals surface area contributed by atoms with E-state index in [1.807, 2.05) is 36.4 Å². The van der Waals surface area contributed by atoms with Crippen molar-refractivity contribution in [2.75, 3.05) is 20.1 Å². The van der Waals surface area contributed by atoms with Gasteiger partial charge in [-0.2, -0.15) is 0 Å². The predicted octanol–water partition coefficient (Wildman–Crippen LogP) is 4.04. The van der Waals surface area contributed by atoms with Crippen LogP contribution in [0.25, 0.3) is 5.57 Å². The summed E-state index contributed by atoms with van der Waals surface area (Å²) in [5, 5.41) is 8.84. The third-order valence-electron chi connectivity index (χ3n) is 3.53. The normalized spacial score (nSPS) is 11.7. The number of nitrogens with zero attached hydrogens (tertiary/aromatic N) is 1. The van der Waals surface area contributed by atoms with Gasteiger partial charge in [0.05, 0.1) is 6.54 Å². The first-order chi connectivity index (χ1) is 13.2. The van der Waals surface area contributed by atoms with Crippen molar-refractivity contribution < 1.29 is 27.8 Å². The Balaban J connectivity index is 2.20. The summed E-state index contributed by atoms with van der Waals surface area (Å²) in [4.78, 5) is 12.4. The van der Waals surface area contributed by atoms with E-state index in [1.165, 1.54) is 24.3 Å². The number of rotatable bonds is 6. The second kappa shape index (κ2) is 9.62. The second-order valence-corrected chi connectivity index (χ2v) is 5.90. The van der Waals surface area contributed by atoms with E-state index >= 15 is 0 Å². The van der Waals surface area contributed by atoms with Gasteiger partial charge in [-0.15, -0.1) is 13.2 Å². The van der Waals surface area contributed by atoms with Crippen LogP contribution in [0.3, 0.4) is 0 Å². The number of halogens is 3. The lowest BCUT2D eigenvalue weighted by Gasteiger charge is -2.11. The first kappa shape index (κ1) is 21.1. The van der Waals surface area contributed by atoms with Gasteiger partial charge < -0.3 is 9.84 Å². The second-order valence-electron chi connectivity index (χ2n) is 5.90. The molecule has 0 bridgehead atoms. The molecule has 0 aromatic heterocycles. The number of hydrogen-bond acceptors (Lipinski definition) is 3. The van der Waals surface area contributed by atoms with Crippen molar-refractivity contribution in [3.8, 4) is 17.6 Å². The lowest BCUT2D eigenvalue weighted by molar-refractivity contribution is -0.274. The Labute approximate surface area is 160 Å². The summed E-state index contributed by atoms with van der Waals surface area (Å²) >= 11 is 0. The quantitative estimate of drug-likeness (QED) is 0.758. The van der Waals surface area contributed by atoms with Crippen molar-refractivity contribution in [2.24, 2.45) is 0 Å². The first-order valence-electron chi connectivity index (χ1n) is 8.27. The molecule has 2 aromatic rings.